The van der Waals surface area contributed by atoms with E-state index in [1.54, 1.807) is 11.3 Å². The quantitative estimate of drug-likeness (QED) is 0.489. The Balaban J connectivity index is 1.58. The first-order valence-electron chi connectivity index (χ1n) is 7.48. The van der Waals surface area contributed by atoms with Gasteiger partial charge in [-0.25, -0.2) is 4.98 Å². The van der Waals surface area contributed by atoms with E-state index in [4.69, 9.17) is 4.42 Å². The molecule has 0 saturated heterocycles. The Labute approximate surface area is 148 Å². The van der Waals surface area contributed by atoms with Gasteiger partial charge < -0.3 is 4.42 Å². The molecule has 0 spiro atoms. The second-order valence-electron chi connectivity index (χ2n) is 5.51. The van der Waals surface area contributed by atoms with Crippen molar-refractivity contribution in [1.82, 2.24) is 15.2 Å². The molecule has 0 bridgehead atoms. The lowest BCUT2D eigenvalue weighted by molar-refractivity contribution is 0.102. The van der Waals surface area contributed by atoms with Crippen LogP contribution >= 0.6 is 23.1 Å². The number of Topliss-reactive ketones (excluding diaryl/α,β-unsaturated/α-hetero) is 1. The number of aromatic nitrogens is 3. The number of hydrogen-bond acceptors (Lipinski definition) is 7. The number of benzene rings is 1. The maximum absolute atomic E-state index is 12.3. The molecule has 0 amide bonds. The summed E-state index contributed by atoms with van der Waals surface area (Å²) < 4.78 is 5.58. The molecule has 3 aromatic rings. The minimum absolute atomic E-state index is 0.0537. The molecule has 1 aromatic carbocycles. The molecule has 0 unspecified atom stereocenters. The van der Waals surface area contributed by atoms with E-state index in [0.29, 0.717) is 23.1 Å². The van der Waals surface area contributed by atoms with Gasteiger partial charge in [0.25, 0.3) is 5.22 Å². The smallest absolute Gasteiger partial charge is 0.277 e. The van der Waals surface area contributed by atoms with Crippen LogP contribution in [0.1, 0.15) is 38.1 Å². The number of carbonyl (C=O) groups excluding carboxylic acids is 1. The van der Waals surface area contributed by atoms with Crippen molar-refractivity contribution in [3.63, 3.8) is 0 Å². The van der Waals surface area contributed by atoms with E-state index in [1.165, 1.54) is 17.3 Å². The van der Waals surface area contributed by atoms with Gasteiger partial charge in [-0.1, -0.05) is 23.9 Å². The van der Waals surface area contributed by atoms with Crippen molar-refractivity contribution >= 4 is 28.9 Å². The van der Waals surface area contributed by atoms with Crippen LogP contribution in [0.5, 0.6) is 0 Å². The zero-order valence-electron chi connectivity index (χ0n) is 13.7. The van der Waals surface area contributed by atoms with Gasteiger partial charge >= 0.3 is 0 Å². The number of rotatable bonds is 6. The van der Waals surface area contributed by atoms with Gasteiger partial charge in [0.05, 0.1) is 22.9 Å². The second-order valence-corrected chi connectivity index (χ2v) is 7.50. The SMILES string of the molecule is Cc1nc(Cc2nnc(SCC(=O)c3ccc(C)c(C)c3)o2)cs1. The highest BCUT2D eigenvalue weighted by molar-refractivity contribution is 7.99. The van der Waals surface area contributed by atoms with Crippen molar-refractivity contribution in [3.8, 4) is 0 Å². The molecule has 2 heterocycles. The van der Waals surface area contributed by atoms with Crippen LogP contribution in [0.4, 0.5) is 0 Å². The third-order valence-corrected chi connectivity index (χ3v) is 5.24. The molecular formula is C17H17N3O2S2. The molecule has 0 atom stereocenters. The van der Waals surface area contributed by atoms with Crippen molar-refractivity contribution in [2.45, 2.75) is 32.4 Å². The molecule has 0 fully saturated rings. The Kier molecular flexibility index (Phi) is 5.11. The second kappa shape index (κ2) is 7.27. The zero-order valence-corrected chi connectivity index (χ0v) is 15.3. The number of nitrogens with zero attached hydrogens (tertiary/aromatic N) is 3. The van der Waals surface area contributed by atoms with Crippen molar-refractivity contribution < 1.29 is 9.21 Å². The van der Waals surface area contributed by atoms with Crippen molar-refractivity contribution in [1.29, 1.82) is 0 Å². The monoisotopic (exact) mass is 359 g/mol. The van der Waals surface area contributed by atoms with Crippen molar-refractivity contribution in [2.75, 3.05) is 5.75 Å². The maximum Gasteiger partial charge on any atom is 0.277 e. The first-order chi connectivity index (χ1) is 11.5. The summed E-state index contributed by atoms with van der Waals surface area (Å²) in [5.41, 5.74) is 3.93. The summed E-state index contributed by atoms with van der Waals surface area (Å²) in [6.45, 7) is 5.99. The summed E-state index contributed by atoms with van der Waals surface area (Å²) in [6.07, 6.45) is 0.517. The molecule has 0 aliphatic carbocycles. The molecule has 0 aliphatic rings. The fraction of sp³-hybridized carbons (Fsp3) is 0.294. The number of ketones is 1. The van der Waals surface area contributed by atoms with Crippen LogP contribution in [-0.4, -0.2) is 26.7 Å². The molecule has 124 valence electrons. The minimum Gasteiger partial charge on any atom is -0.416 e. The standard InChI is InChI=1S/C17H17N3O2S2/c1-10-4-5-13(6-11(10)2)15(21)9-24-17-20-19-16(22-17)7-14-8-23-12(3)18-14/h4-6,8H,7,9H2,1-3H3. The van der Waals surface area contributed by atoms with Crippen LogP contribution in [0.2, 0.25) is 0 Å². The van der Waals surface area contributed by atoms with Gasteiger partial charge in [0, 0.05) is 10.9 Å². The summed E-state index contributed by atoms with van der Waals surface area (Å²) in [5.74, 6) is 0.847. The summed E-state index contributed by atoms with van der Waals surface area (Å²) in [5, 5.41) is 11.4. The average molecular weight is 359 g/mol. The molecule has 0 N–H and O–H groups in total. The van der Waals surface area contributed by atoms with E-state index in [2.05, 4.69) is 15.2 Å². The Bertz CT molecular complexity index is 870. The number of thiazole rings is 1. The Hall–Kier alpha value is -1.99. The topological polar surface area (TPSA) is 68.9 Å². The fourth-order valence-electron chi connectivity index (χ4n) is 2.14. The molecule has 0 saturated carbocycles. The Morgan fingerprint density at radius 3 is 2.75 bits per heavy atom. The van der Waals surface area contributed by atoms with Crippen LogP contribution < -0.4 is 0 Å². The van der Waals surface area contributed by atoms with Crippen LogP contribution in [0.3, 0.4) is 0 Å². The van der Waals surface area contributed by atoms with E-state index in [9.17, 15) is 4.79 Å². The van der Waals surface area contributed by atoms with E-state index < -0.39 is 0 Å². The Morgan fingerprint density at radius 1 is 1.21 bits per heavy atom. The van der Waals surface area contributed by atoms with E-state index in [-0.39, 0.29) is 11.5 Å². The zero-order chi connectivity index (χ0) is 17.1. The van der Waals surface area contributed by atoms with E-state index in [1.807, 2.05) is 44.4 Å². The Morgan fingerprint density at radius 2 is 2.04 bits per heavy atom. The van der Waals surface area contributed by atoms with Gasteiger partial charge in [0.2, 0.25) is 5.89 Å². The molecule has 2 aromatic heterocycles. The summed E-state index contributed by atoms with van der Waals surface area (Å²) >= 11 is 2.86. The lowest BCUT2D eigenvalue weighted by Gasteiger charge is -2.03. The number of carbonyl (C=O) groups is 1. The molecule has 5 nitrogen and oxygen atoms in total. The normalized spacial score (nSPS) is 11.0. The number of thioether (sulfide) groups is 1. The molecule has 7 heteroatoms. The van der Waals surface area contributed by atoms with Gasteiger partial charge in [0.1, 0.15) is 0 Å². The van der Waals surface area contributed by atoms with Crippen LogP contribution in [0.25, 0.3) is 0 Å². The predicted octanol–water partition coefficient (Wildman–Crippen LogP) is 4.02. The number of hydrogen-bond donors (Lipinski definition) is 0. The first kappa shape index (κ1) is 16.9. The third kappa shape index (κ3) is 4.10. The van der Waals surface area contributed by atoms with E-state index >= 15 is 0 Å². The number of aryl methyl sites for hydroxylation is 3. The molecular weight excluding hydrogens is 342 g/mol. The average Bonchev–Trinajstić information content (AvgIpc) is 3.17. The van der Waals surface area contributed by atoms with Gasteiger partial charge in [0.15, 0.2) is 5.78 Å². The van der Waals surface area contributed by atoms with Crippen molar-refractivity contribution in [3.05, 3.63) is 56.9 Å². The predicted molar refractivity (Wildman–Crippen MR) is 94.9 cm³/mol. The lowest BCUT2D eigenvalue weighted by atomic mass is 10.0. The lowest BCUT2D eigenvalue weighted by Crippen LogP contribution is -2.03. The van der Waals surface area contributed by atoms with Crippen LogP contribution in [-0.2, 0) is 6.42 Å². The van der Waals surface area contributed by atoms with Gasteiger partial charge in [-0.3, -0.25) is 4.79 Å². The molecule has 0 aliphatic heterocycles. The largest absolute Gasteiger partial charge is 0.416 e. The molecule has 0 radical (unpaired) electrons. The third-order valence-electron chi connectivity index (χ3n) is 3.60. The van der Waals surface area contributed by atoms with Crippen molar-refractivity contribution in [2.24, 2.45) is 0 Å². The highest BCUT2D eigenvalue weighted by atomic mass is 32.2. The first-order valence-corrected chi connectivity index (χ1v) is 9.34. The van der Waals surface area contributed by atoms with Gasteiger partial charge in [-0.2, -0.15) is 0 Å². The van der Waals surface area contributed by atoms with Gasteiger partial charge in [-0.15, -0.1) is 21.5 Å². The minimum atomic E-state index is 0.0537. The highest BCUT2D eigenvalue weighted by Crippen LogP contribution is 2.20. The summed E-state index contributed by atoms with van der Waals surface area (Å²) in [7, 11) is 0. The molecule has 3 rings (SSSR count). The fourth-order valence-corrected chi connectivity index (χ4v) is 3.43. The van der Waals surface area contributed by atoms with Crippen LogP contribution in [0, 0.1) is 20.8 Å². The maximum atomic E-state index is 12.3. The summed E-state index contributed by atoms with van der Waals surface area (Å²) in [6, 6.07) is 5.74. The summed E-state index contributed by atoms with van der Waals surface area (Å²) in [4.78, 5) is 16.6. The highest BCUT2D eigenvalue weighted by Gasteiger charge is 2.13. The molecule has 24 heavy (non-hydrogen) atoms. The van der Waals surface area contributed by atoms with E-state index in [0.717, 1.165) is 16.3 Å². The van der Waals surface area contributed by atoms with Gasteiger partial charge in [-0.05, 0) is 38.0 Å². The van der Waals surface area contributed by atoms with Crippen LogP contribution in [0.15, 0.2) is 33.2 Å².